The number of hydrogen-bond acceptors (Lipinski definition) is 5. The van der Waals surface area contributed by atoms with Gasteiger partial charge in [0.05, 0.1) is 0 Å². The Bertz CT molecular complexity index is 762. The maximum absolute atomic E-state index is 12.6. The Balaban J connectivity index is 1.92. The summed E-state index contributed by atoms with van der Waals surface area (Å²) in [5.74, 6) is -1.38. The van der Waals surface area contributed by atoms with Crippen LogP contribution in [0.4, 0.5) is 15.3 Å². The van der Waals surface area contributed by atoms with Crippen molar-refractivity contribution in [3.05, 3.63) is 29.3 Å². The second-order valence-corrected chi connectivity index (χ2v) is 5.63. The highest BCUT2D eigenvalue weighted by Gasteiger charge is 2.58. The number of aryl methyl sites for hydroxylation is 1. The molecule has 9 heteroatoms. The third kappa shape index (κ3) is 2.34. The standard InChI is InChI=1S/C15H16N4O5/c1-17-13(22)18-9-2-3-10-8(6-9)4-5-15(10)12(21)19(7-11(16)20)14(23)24-15/h2-3,6H,4-5,7H2,1H3,(H2,16,20)(H2,17,18,22)/t15-/m1/s1. The van der Waals surface area contributed by atoms with Crippen LogP contribution in [0.2, 0.25) is 0 Å². The van der Waals surface area contributed by atoms with Crippen LogP contribution in [0.5, 0.6) is 0 Å². The Labute approximate surface area is 137 Å². The SMILES string of the molecule is CNC(=O)Nc1ccc2c(c1)CC[C@@]21OC(=O)N(CC(N)=O)C1=O. The van der Waals surface area contributed by atoms with E-state index in [1.165, 1.54) is 7.05 Å². The Morgan fingerprint density at radius 1 is 1.38 bits per heavy atom. The van der Waals surface area contributed by atoms with E-state index in [-0.39, 0.29) is 12.5 Å². The van der Waals surface area contributed by atoms with E-state index in [1.807, 2.05) is 0 Å². The molecule has 4 N–H and O–H groups in total. The van der Waals surface area contributed by atoms with E-state index in [9.17, 15) is 19.2 Å². The zero-order valence-corrected chi connectivity index (χ0v) is 12.9. The molecule has 5 amide bonds. The number of nitrogens with two attached hydrogens (primary N) is 1. The number of fused-ring (bicyclic) bond motifs is 2. The van der Waals surface area contributed by atoms with Gasteiger partial charge in [-0.15, -0.1) is 0 Å². The van der Waals surface area contributed by atoms with Gasteiger partial charge in [-0.2, -0.15) is 0 Å². The van der Waals surface area contributed by atoms with Crippen LogP contribution in [0.25, 0.3) is 0 Å². The molecule has 1 fully saturated rings. The van der Waals surface area contributed by atoms with Gasteiger partial charge in [-0.25, -0.2) is 14.5 Å². The Morgan fingerprint density at radius 2 is 2.12 bits per heavy atom. The predicted molar refractivity (Wildman–Crippen MR) is 81.9 cm³/mol. The average Bonchev–Trinajstić information content (AvgIpc) is 3.00. The van der Waals surface area contributed by atoms with E-state index in [2.05, 4.69) is 10.6 Å². The Hall–Kier alpha value is -3.10. The first-order chi connectivity index (χ1) is 11.4. The van der Waals surface area contributed by atoms with Gasteiger partial charge >= 0.3 is 12.1 Å². The molecule has 0 saturated carbocycles. The molecule has 0 unspecified atom stereocenters. The lowest BCUT2D eigenvalue weighted by Crippen LogP contribution is -2.41. The quantitative estimate of drug-likeness (QED) is 0.719. The van der Waals surface area contributed by atoms with Crippen LogP contribution in [0, 0.1) is 0 Å². The first-order valence-corrected chi connectivity index (χ1v) is 7.33. The number of rotatable bonds is 3. The summed E-state index contributed by atoms with van der Waals surface area (Å²) in [5, 5.41) is 5.08. The number of carbonyl (C=O) groups excluding carboxylic acids is 4. The summed E-state index contributed by atoms with van der Waals surface area (Å²) in [4.78, 5) is 47.7. The van der Waals surface area contributed by atoms with Crippen molar-refractivity contribution in [2.75, 3.05) is 18.9 Å². The van der Waals surface area contributed by atoms with E-state index >= 15 is 0 Å². The summed E-state index contributed by atoms with van der Waals surface area (Å²) in [7, 11) is 1.50. The molecule has 24 heavy (non-hydrogen) atoms. The maximum atomic E-state index is 12.6. The molecular weight excluding hydrogens is 316 g/mol. The van der Waals surface area contributed by atoms with Gasteiger partial charge in [-0.05, 0) is 24.1 Å². The highest BCUT2D eigenvalue weighted by Crippen LogP contribution is 2.45. The summed E-state index contributed by atoms with van der Waals surface area (Å²) in [5.41, 5.74) is 5.59. The van der Waals surface area contributed by atoms with Gasteiger partial charge in [0, 0.05) is 24.7 Å². The molecule has 126 valence electrons. The van der Waals surface area contributed by atoms with Gasteiger partial charge in [0.2, 0.25) is 11.5 Å². The van der Waals surface area contributed by atoms with Crippen LogP contribution in [-0.4, -0.2) is 42.4 Å². The highest BCUT2D eigenvalue weighted by molar-refractivity contribution is 6.06. The Morgan fingerprint density at radius 3 is 2.79 bits per heavy atom. The van der Waals surface area contributed by atoms with Gasteiger partial charge in [0.25, 0.3) is 5.91 Å². The number of primary amides is 1. The number of urea groups is 1. The van der Waals surface area contributed by atoms with Crippen LogP contribution in [0.15, 0.2) is 18.2 Å². The van der Waals surface area contributed by atoms with E-state index in [1.54, 1.807) is 18.2 Å². The minimum absolute atomic E-state index is 0.283. The normalized spacial score (nSPS) is 21.6. The van der Waals surface area contributed by atoms with E-state index in [0.717, 1.165) is 10.5 Å². The van der Waals surface area contributed by atoms with Crippen molar-refractivity contribution in [2.45, 2.75) is 18.4 Å². The monoisotopic (exact) mass is 332 g/mol. The van der Waals surface area contributed by atoms with Crippen molar-refractivity contribution in [1.82, 2.24) is 10.2 Å². The van der Waals surface area contributed by atoms with Crippen LogP contribution >= 0.6 is 0 Å². The van der Waals surface area contributed by atoms with E-state index in [0.29, 0.717) is 17.7 Å². The van der Waals surface area contributed by atoms with Crippen LogP contribution < -0.4 is 16.4 Å². The summed E-state index contributed by atoms with van der Waals surface area (Å²) in [6.07, 6.45) is -0.0904. The molecule has 0 aromatic heterocycles. The second-order valence-electron chi connectivity index (χ2n) is 5.63. The molecule has 1 atom stereocenters. The molecule has 3 rings (SSSR count). The number of amides is 5. The summed E-state index contributed by atoms with van der Waals surface area (Å²) < 4.78 is 5.33. The lowest BCUT2D eigenvalue weighted by molar-refractivity contribution is -0.139. The molecule has 1 aromatic carbocycles. The van der Waals surface area contributed by atoms with Crippen LogP contribution in [0.3, 0.4) is 0 Å². The molecule has 0 bridgehead atoms. The topological polar surface area (TPSA) is 131 Å². The molecule has 1 spiro atoms. The van der Waals surface area contributed by atoms with Crippen molar-refractivity contribution in [1.29, 1.82) is 0 Å². The molecule has 2 aliphatic rings. The third-order valence-corrected chi connectivity index (χ3v) is 4.16. The second kappa shape index (κ2) is 5.52. The number of nitrogens with one attached hydrogen (secondary N) is 2. The fourth-order valence-electron chi connectivity index (χ4n) is 3.08. The van der Waals surface area contributed by atoms with E-state index in [4.69, 9.17) is 10.5 Å². The first kappa shape index (κ1) is 15.8. The van der Waals surface area contributed by atoms with Crippen LogP contribution in [-0.2, 0) is 26.3 Å². The molecule has 1 aromatic rings. The lowest BCUT2D eigenvalue weighted by atomic mass is 9.94. The number of benzene rings is 1. The number of carbonyl (C=O) groups is 4. The highest BCUT2D eigenvalue weighted by atomic mass is 16.6. The molecular formula is C15H16N4O5. The zero-order chi connectivity index (χ0) is 17.5. The summed E-state index contributed by atoms with van der Waals surface area (Å²) in [6, 6.07) is 4.64. The average molecular weight is 332 g/mol. The number of imide groups is 1. The minimum Gasteiger partial charge on any atom is -0.427 e. The van der Waals surface area contributed by atoms with Crippen molar-refractivity contribution in [3.8, 4) is 0 Å². The van der Waals surface area contributed by atoms with Crippen molar-refractivity contribution >= 4 is 29.6 Å². The zero-order valence-electron chi connectivity index (χ0n) is 12.9. The first-order valence-electron chi connectivity index (χ1n) is 7.33. The summed E-state index contributed by atoms with van der Waals surface area (Å²) >= 11 is 0. The fraction of sp³-hybridized carbons (Fsp3) is 0.333. The van der Waals surface area contributed by atoms with Gasteiger partial charge in [0.15, 0.2) is 0 Å². The lowest BCUT2D eigenvalue weighted by Gasteiger charge is -2.20. The minimum atomic E-state index is -1.41. The van der Waals surface area contributed by atoms with Crippen molar-refractivity contribution in [2.24, 2.45) is 5.73 Å². The molecule has 9 nitrogen and oxygen atoms in total. The number of hydrogen-bond donors (Lipinski definition) is 3. The number of anilines is 1. The fourth-order valence-corrected chi connectivity index (χ4v) is 3.08. The van der Waals surface area contributed by atoms with Crippen molar-refractivity contribution < 1.29 is 23.9 Å². The predicted octanol–water partition coefficient (Wildman–Crippen LogP) is 0.0435. The van der Waals surface area contributed by atoms with Crippen molar-refractivity contribution in [3.63, 3.8) is 0 Å². The van der Waals surface area contributed by atoms with E-state index < -0.39 is 30.1 Å². The molecule has 1 heterocycles. The van der Waals surface area contributed by atoms with Crippen LogP contribution in [0.1, 0.15) is 17.5 Å². The van der Waals surface area contributed by atoms with Gasteiger partial charge in [-0.1, -0.05) is 6.07 Å². The van der Waals surface area contributed by atoms with Gasteiger partial charge in [0.1, 0.15) is 6.54 Å². The Kier molecular flexibility index (Phi) is 3.63. The molecule has 1 aliphatic carbocycles. The van der Waals surface area contributed by atoms with Gasteiger partial charge in [-0.3, -0.25) is 9.59 Å². The summed E-state index contributed by atoms with van der Waals surface area (Å²) in [6.45, 7) is -0.509. The number of nitrogens with zero attached hydrogens (tertiary/aromatic N) is 1. The maximum Gasteiger partial charge on any atom is 0.418 e. The van der Waals surface area contributed by atoms with Gasteiger partial charge < -0.3 is 21.1 Å². The molecule has 1 aliphatic heterocycles. The third-order valence-electron chi connectivity index (χ3n) is 4.16. The largest absolute Gasteiger partial charge is 0.427 e. The smallest absolute Gasteiger partial charge is 0.418 e. The number of ether oxygens (including phenoxy) is 1. The molecule has 0 radical (unpaired) electrons. The molecule has 1 saturated heterocycles.